The first-order valence-electron chi connectivity index (χ1n) is 4.80. The third-order valence-electron chi connectivity index (χ3n) is 2.26. The molecule has 0 saturated heterocycles. The van der Waals surface area contributed by atoms with E-state index >= 15 is 0 Å². The van der Waals surface area contributed by atoms with Crippen molar-refractivity contribution in [3.8, 4) is 11.3 Å². The molecule has 2 nitrogen and oxygen atoms in total. The molecule has 2 aromatic rings. The van der Waals surface area contributed by atoms with E-state index in [-0.39, 0.29) is 17.1 Å². The van der Waals surface area contributed by atoms with E-state index in [4.69, 9.17) is 16.1 Å². The highest BCUT2D eigenvalue weighted by Gasteiger charge is 2.31. The Labute approximate surface area is 104 Å². The maximum atomic E-state index is 13.6. The molecule has 0 atom stereocenters. The van der Waals surface area contributed by atoms with Crippen LogP contribution in [0.1, 0.15) is 11.3 Å². The molecule has 0 saturated carbocycles. The Morgan fingerprint density at radius 2 is 1.94 bits per heavy atom. The van der Waals surface area contributed by atoms with Crippen LogP contribution in [0.25, 0.3) is 11.3 Å². The van der Waals surface area contributed by atoms with E-state index in [1.807, 2.05) is 0 Å². The largest absolute Gasteiger partial charge is 0.416 e. The molecule has 96 valence electrons. The van der Waals surface area contributed by atoms with E-state index in [1.165, 1.54) is 6.07 Å². The zero-order chi connectivity index (χ0) is 13.3. The second-order valence-electron chi connectivity index (χ2n) is 3.50. The van der Waals surface area contributed by atoms with E-state index in [2.05, 4.69) is 5.16 Å². The van der Waals surface area contributed by atoms with Gasteiger partial charge in [0.15, 0.2) is 5.76 Å². The van der Waals surface area contributed by atoms with Crippen molar-refractivity contribution in [3.05, 3.63) is 41.4 Å². The van der Waals surface area contributed by atoms with Gasteiger partial charge in [-0.15, -0.1) is 11.6 Å². The van der Waals surface area contributed by atoms with Gasteiger partial charge in [0.05, 0.1) is 11.4 Å². The molecule has 7 heteroatoms. The quantitative estimate of drug-likeness (QED) is 0.607. The summed E-state index contributed by atoms with van der Waals surface area (Å²) in [6, 6.07) is 3.59. The predicted molar refractivity (Wildman–Crippen MR) is 56.5 cm³/mol. The van der Waals surface area contributed by atoms with Crippen LogP contribution >= 0.6 is 11.6 Å². The van der Waals surface area contributed by atoms with Gasteiger partial charge in [0.1, 0.15) is 11.5 Å². The average molecular weight is 280 g/mol. The summed E-state index contributed by atoms with van der Waals surface area (Å²) in [5, 5.41) is 3.53. The Hall–Kier alpha value is -1.56. The van der Waals surface area contributed by atoms with Crippen LogP contribution in [0.3, 0.4) is 0 Å². The fraction of sp³-hybridized carbons (Fsp3) is 0.182. The highest BCUT2D eigenvalue weighted by molar-refractivity contribution is 6.16. The lowest BCUT2D eigenvalue weighted by Crippen LogP contribution is -2.05. The van der Waals surface area contributed by atoms with Crippen molar-refractivity contribution >= 4 is 11.6 Å². The van der Waals surface area contributed by atoms with Crippen LogP contribution < -0.4 is 0 Å². The normalized spacial score (nSPS) is 11.8. The molecular weight excluding hydrogens is 274 g/mol. The molecule has 0 unspecified atom stereocenters. The Morgan fingerprint density at radius 1 is 1.22 bits per heavy atom. The zero-order valence-electron chi connectivity index (χ0n) is 8.76. The lowest BCUT2D eigenvalue weighted by molar-refractivity contribution is -0.137. The molecule has 0 aliphatic heterocycles. The third kappa shape index (κ3) is 2.48. The van der Waals surface area contributed by atoms with Crippen LogP contribution in [0.5, 0.6) is 0 Å². The SMILES string of the molecule is Fc1cc(C(F)(F)F)ccc1-c1cc(CCl)on1. The fourth-order valence-electron chi connectivity index (χ4n) is 1.40. The standard InChI is InChI=1S/C11H6ClF4NO/c12-5-7-4-10(17-18-7)8-2-1-6(3-9(8)13)11(14,15)16/h1-4H,5H2. The van der Waals surface area contributed by atoms with Gasteiger partial charge in [-0.1, -0.05) is 5.16 Å². The lowest BCUT2D eigenvalue weighted by atomic mass is 10.1. The van der Waals surface area contributed by atoms with E-state index in [0.29, 0.717) is 11.8 Å². The van der Waals surface area contributed by atoms with Gasteiger partial charge in [-0.25, -0.2) is 4.39 Å². The number of hydrogen-bond donors (Lipinski definition) is 0. The molecule has 0 amide bonds. The highest BCUT2D eigenvalue weighted by atomic mass is 35.5. The smallest absolute Gasteiger partial charge is 0.359 e. The maximum Gasteiger partial charge on any atom is 0.416 e. The van der Waals surface area contributed by atoms with Gasteiger partial charge >= 0.3 is 6.18 Å². The molecule has 0 fully saturated rings. The highest BCUT2D eigenvalue weighted by Crippen LogP contribution is 2.32. The van der Waals surface area contributed by atoms with Crippen molar-refractivity contribution in [2.24, 2.45) is 0 Å². The van der Waals surface area contributed by atoms with Crippen molar-refractivity contribution in [1.82, 2.24) is 5.16 Å². The zero-order valence-corrected chi connectivity index (χ0v) is 9.52. The summed E-state index contributed by atoms with van der Waals surface area (Å²) < 4.78 is 55.3. The Balaban J connectivity index is 2.41. The lowest BCUT2D eigenvalue weighted by Gasteiger charge is -2.07. The number of benzene rings is 1. The molecule has 0 bridgehead atoms. The minimum absolute atomic E-state index is 0.0508. The van der Waals surface area contributed by atoms with E-state index < -0.39 is 17.6 Å². The first-order chi connectivity index (χ1) is 8.41. The second-order valence-corrected chi connectivity index (χ2v) is 3.77. The van der Waals surface area contributed by atoms with E-state index in [1.54, 1.807) is 0 Å². The summed E-state index contributed by atoms with van der Waals surface area (Å²) >= 11 is 5.48. The summed E-state index contributed by atoms with van der Waals surface area (Å²) in [7, 11) is 0. The predicted octanol–water partition coefficient (Wildman–Crippen LogP) is 4.24. The summed E-state index contributed by atoms with van der Waals surface area (Å²) in [4.78, 5) is 0. The van der Waals surface area contributed by atoms with Gasteiger partial charge in [0, 0.05) is 11.6 Å². The summed E-state index contributed by atoms with van der Waals surface area (Å²) in [5.74, 6) is -0.653. The van der Waals surface area contributed by atoms with Crippen LogP contribution in [-0.2, 0) is 12.1 Å². The molecule has 0 radical (unpaired) electrons. The summed E-state index contributed by atoms with van der Waals surface area (Å²) in [5.41, 5.74) is -1.01. The third-order valence-corrected chi connectivity index (χ3v) is 2.53. The Morgan fingerprint density at radius 3 is 2.44 bits per heavy atom. The Kier molecular flexibility index (Phi) is 3.30. The van der Waals surface area contributed by atoms with Gasteiger partial charge in [-0.05, 0) is 18.2 Å². The number of alkyl halides is 4. The van der Waals surface area contributed by atoms with Gasteiger partial charge in [0.25, 0.3) is 0 Å². The van der Waals surface area contributed by atoms with Crippen LogP contribution in [-0.4, -0.2) is 5.16 Å². The fourth-order valence-corrected chi connectivity index (χ4v) is 1.53. The number of aromatic nitrogens is 1. The summed E-state index contributed by atoms with van der Waals surface area (Å²) in [6.45, 7) is 0. The van der Waals surface area contributed by atoms with Crippen LogP contribution in [0.4, 0.5) is 17.6 Å². The molecule has 1 aromatic heterocycles. The molecule has 0 aliphatic rings. The van der Waals surface area contributed by atoms with E-state index in [0.717, 1.165) is 12.1 Å². The summed E-state index contributed by atoms with van der Waals surface area (Å²) in [6.07, 6.45) is -4.58. The van der Waals surface area contributed by atoms with Crippen molar-refractivity contribution in [2.75, 3.05) is 0 Å². The number of rotatable bonds is 2. The molecule has 0 N–H and O–H groups in total. The molecule has 0 aliphatic carbocycles. The van der Waals surface area contributed by atoms with Crippen LogP contribution in [0, 0.1) is 5.82 Å². The molecule has 1 heterocycles. The van der Waals surface area contributed by atoms with Crippen molar-refractivity contribution in [2.45, 2.75) is 12.1 Å². The van der Waals surface area contributed by atoms with Gasteiger partial charge < -0.3 is 4.52 Å². The molecule has 1 aromatic carbocycles. The number of halogens is 5. The molecule has 18 heavy (non-hydrogen) atoms. The van der Waals surface area contributed by atoms with Gasteiger partial charge in [-0.3, -0.25) is 0 Å². The number of nitrogens with zero attached hydrogens (tertiary/aromatic N) is 1. The van der Waals surface area contributed by atoms with Gasteiger partial charge in [0.2, 0.25) is 0 Å². The van der Waals surface area contributed by atoms with Gasteiger partial charge in [-0.2, -0.15) is 13.2 Å². The minimum Gasteiger partial charge on any atom is -0.359 e. The first kappa shape index (κ1) is 12.9. The first-order valence-corrected chi connectivity index (χ1v) is 5.34. The topological polar surface area (TPSA) is 26.0 Å². The minimum atomic E-state index is -4.58. The average Bonchev–Trinajstić information content (AvgIpc) is 2.76. The van der Waals surface area contributed by atoms with Crippen molar-refractivity contribution in [3.63, 3.8) is 0 Å². The second kappa shape index (κ2) is 4.61. The molecule has 0 spiro atoms. The number of hydrogen-bond acceptors (Lipinski definition) is 2. The van der Waals surface area contributed by atoms with Crippen LogP contribution in [0.15, 0.2) is 28.8 Å². The van der Waals surface area contributed by atoms with Crippen molar-refractivity contribution < 1.29 is 22.1 Å². The van der Waals surface area contributed by atoms with Crippen LogP contribution in [0.2, 0.25) is 0 Å². The van der Waals surface area contributed by atoms with E-state index in [9.17, 15) is 17.6 Å². The molecular formula is C11H6ClF4NO. The monoisotopic (exact) mass is 279 g/mol. The molecule has 2 rings (SSSR count). The maximum absolute atomic E-state index is 13.6. The Bertz CT molecular complexity index is 564. The van der Waals surface area contributed by atoms with Crippen molar-refractivity contribution in [1.29, 1.82) is 0 Å².